The quantitative estimate of drug-likeness (QED) is 0.781. The van der Waals surface area contributed by atoms with Crippen LogP contribution in [0.15, 0.2) is 59.8 Å². The lowest BCUT2D eigenvalue weighted by Crippen LogP contribution is -2.34. The summed E-state index contributed by atoms with van der Waals surface area (Å²) in [6.07, 6.45) is 1.60. The third-order valence-electron chi connectivity index (χ3n) is 6.18. The molecule has 3 atom stereocenters. The SMILES string of the molecule is O=C(O)c1ccccc1-c1ccccc1C(=O)NC1=C2CC(C2)C2C(O)C12. The van der Waals surface area contributed by atoms with Gasteiger partial charge in [-0.2, -0.15) is 0 Å². The van der Waals surface area contributed by atoms with Crippen LogP contribution in [-0.4, -0.2) is 28.2 Å². The summed E-state index contributed by atoms with van der Waals surface area (Å²) in [5, 5.41) is 22.7. The van der Waals surface area contributed by atoms with Crippen molar-refractivity contribution in [3.8, 4) is 11.1 Å². The zero-order chi connectivity index (χ0) is 18.7. The zero-order valence-electron chi connectivity index (χ0n) is 14.6. The molecule has 2 aromatic carbocycles. The largest absolute Gasteiger partial charge is 0.478 e. The van der Waals surface area contributed by atoms with Crippen LogP contribution in [0.4, 0.5) is 0 Å². The molecule has 1 amide bonds. The molecule has 0 saturated heterocycles. The fourth-order valence-electron chi connectivity index (χ4n) is 4.74. The van der Waals surface area contributed by atoms with Crippen LogP contribution in [-0.2, 0) is 0 Å². The van der Waals surface area contributed by atoms with E-state index in [1.54, 1.807) is 42.5 Å². The number of nitrogens with one attached hydrogen (secondary N) is 1. The van der Waals surface area contributed by atoms with Gasteiger partial charge < -0.3 is 15.5 Å². The van der Waals surface area contributed by atoms with E-state index in [9.17, 15) is 19.8 Å². The first-order valence-corrected chi connectivity index (χ1v) is 9.19. The maximum atomic E-state index is 13.0. The van der Waals surface area contributed by atoms with E-state index in [-0.39, 0.29) is 23.5 Å². The van der Waals surface area contributed by atoms with Crippen LogP contribution >= 0.6 is 0 Å². The van der Waals surface area contributed by atoms with E-state index >= 15 is 0 Å². The van der Waals surface area contributed by atoms with Crippen LogP contribution in [0.5, 0.6) is 0 Å². The molecule has 27 heavy (non-hydrogen) atoms. The third-order valence-corrected chi connectivity index (χ3v) is 6.18. The van der Waals surface area contributed by atoms with E-state index in [0.29, 0.717) is 28.5 Å². The summed E-state index contributed by atoms with van der Waals surface area (Å²) in [7, 11) is 0. The lowest BCUT2D eigenvalue weighted by molar-refractivity contribution is 0.0697. The number of aromatic carboxylic acids is 1. The lowest BCUT2D eigenvalue weighted by atomic mass is 9.70. The summed E-state index contributed by atoms with van der Waals surface area (Å²) in [5.41, 5.74) is 3.85. The van der Waals surface area contributed by atoms with Crippen LogP contribution < -0.4 is 5.32 Å². The van der Waals surface area contributed by atoms with E-state index in [0.717, 1.165) is 18.5 Å². The van der Waals surface area contributed by atoms with Gasteiger partial charge in [0.1, 0.15) is 0 Å². The summed E-state index contributed by atoms with van der Waals surface area (Å²) in [6.45, 7) is 0. The molecule has 2 saturated carbocycles. The Bertz CT molecular complexity index is 1000. The molecule has 2 fully saturated rings. The fraction of sp³-hybridized carbons (Fsp3) is 0.273. The van der Waals surface area contributed by atoms with E-state index in [4.69, 9.17) is 0 Å². The molecule has 3 N–H and O–H groups in total. The topological polar surface area (TPSA) is 86.6 Å². The number of carboxylic acids is 1. The van der Waals surface area contributed by atoms with Crippen molar-refractivity contribution in [2.45, 2.75) is 18.9 Å². The van der Waals surface area contributed by atoms with Crippen LogP contribution in [0.25, 0.3) is 11.1 Å². The standard InChI is InChI=1S/C22H19NO4/c24-20-17-11-9-12(10-11)19(18(17)20)23-21(25)15-7-3-1-5-13(15)14-6-2-4-8-16(14)22(26)27/h1-8,11,17-18,20,24H,9-10H2,(H,23,25)(H,26,27). The Morgan fingerprint density at radius 2 is 1.52 bits per heavy atom. The molecular weight excluding hydrogens is 342 g/mol. The van der Waals surface area contributed by atoms with Crippen molar-refractivity contribution in [3.05, 3.63) is 70.9 Å². The molecule has 6 rings (SSSR count). The van der Waals surface area contributed by atoms with E-state index in [1.807, 2.05) is 0 Å². The highest BCUT2D eigenvalue weighted by atomic mass is 16.4. The number of carbonyl (C=O) groups is 2. The van der Waals surface area contributed by atoms with Gasteiger partial charge in [0.25, 0.3) is 5.91 Å². The molecule has 3 unspecified atom stereocenters. The number of carboxylic acid groups (broad SMARTS) is 1. The van der Waals surface area contributed by atoms with E-state index < -0.39 is 5.97 Å². The second-order valence-electron chi connectivity index (χ2n) is 7.63. The zero-order valence-corrected chi connectivity index (χ0v) is 14.6. The molecule has 0 heterocycles. The second-order valence-corrected chi connectivity index (χ2v) is 7.63. The van der Waals surface area contributed by atoms with E-state index in [1.165, 1.54) is 11.6 Å². The number of hydrogen-bond acceptors (Lipinski definition) is 3. The Labute approximate surface area is 156 Å². The molecule has 5 nitrogen and oxygen atoms in total. The molecule has 4 aliphatic carbocycles. The number of benzene rings is 2. The molecule has 2 bridgehead atoms. The van der Waals surface area contributed by atoms with Crippen molar-refractivity contribution in [1.82, 2.24) is 5.32 Å². The van der Waals surface area contributed by atoms with Gasteiger partial charge in [-0.15, -0.1) is 0 Å². The van der Waals surface area contributed by atoms with Crippen molar-refractivity contribution >= 4 is 11.9 Å². The minimum Gasteiger partial charge on any atom is -0.478 e. The number of aliphatic hydroxyl groups is 1. The fourth-order valence-corrected chi connectivity index (χ4v) is 4.74. The normalized spacial score (nSPS) is 27.4. The number of allylic oxidation sites excluding steroid dienone is 1. The van der Waals surface area contributed by atoms with Crippen molar-refractivity contribution in [1.29, 1.82) is 0 Å². The van der Waals surface area contributed by atoms with Gasteiger partial charge in [-0.3, -0.25) is 4.79 Å². The Hall–Kier alpha value is -2.92. The summed E-state index contributed by atoms with van der Waals surface area (Å²) in [4.78, 5) is 24.6. The Balaban J connectivity index is 1.50. The van der Waals surface area contributed by atoms with Crippen LogP contribution in [0.3, 0.4) is 0 Å². The Kier molecular flexibility index (Phi) is 3.49. The molecule has 4 aliphatic rings. The number of hydrogen-bond donors (Lipinski definition) is 3. The van der Waals surface area contributed by atoms with E-state index in [2.05, 4.69) is 5.32 Å². The van der Waals surface area contributed by atoms with Crippen molar-refractivity contribution in [2.75, 3.05) is 0 Å². The summed E-state index contributed by atoms with van der Waals surface area (Å²) in [6, 6.07) is 13.7. The molecule has 2 aromatic rings. The molecular formula is C22H19NO4. The highest BCUT2D eigenvalue weighted by Crippen LogP contribution is 2.62. The average molecular weight is 361 g/mol. The molecule has 0 spiro atoms. The summed E-state index contributed by atoms with van der Waals surface area (Å²) < 4.78 is 0. The maximum Gasteiger partial charge on any atom is 0.336 e. The minimum atomic E-state index is -1.03. The van der Waals surface area contributed by atoms with Gasteiger partial charge in [0, 0.05) is 17.2 Å². The van der Waals surface area contributed by atoms with Crippen LogP contribution in [0.1, 0.15) is 33.6 Å². The van der Waals surface area contributed by atoms with Crippen molar-refractivity contribution in [2.24, 2.45) is 17.8 Å². The minimum absolute atomic E-state index is 0.0647. The molecule has 136 valence electrons. The summed E-state index contributed by atoms with van der Waals surface area (Å²) >= 11 is 0. The monoisotopic (exact) mass is 361 g/mol. The first-order chi connectivity index (χ1) is 13.1. The number of rotatable bonds is 4. The predicted octanol–water partition coefficient (Wildman–Crippen LogP) is 3.07. The highest BCUT2D eigenvalue weighted by Gasteiger charge is 2.62. The van der Waals surface area contributed by atoms with Gasteiger partial charge in [-0.1, -0.05) is 36.4 Å². The average Bonchev–Trinajstić information content (AvgIpc) is 3.33. The van der Waals surface area contributed by atoms with Gasteiger partial charge in [0.05, 0.1) is 11.7 Å². The number of amides is 1. The molecule has 0 radical (unpaired) electrons. The first kappa shape index (κ1) is 16.3. The highest BCUT2D eigenvalue weighted by molar-refractivity contribution is 6.05. The molecule has 0 aliphatic heterocycles. The third kappa shape index (κ3) is 2.42. The van der Waals surface area contributed by atoms with Crippen molar-refractivity contribution in [3.63, 3.8) is 0 Å². The second kappa shape index (κ2) is 5.79. The van der Waals surface area contributed by atoms with Gasteiger partial charge >= 0.3 is 5.97 Å². The van der Waals surface area contributed by atoms with Gasteiger partial charge in [0.15, 0.2) is 0 Å². The van der Waals surface area contributed by atoms with Gasteiger partial charge in [0.2, 0.25) is 0 Å². The van der Waals surface area contributed by atoms with Gasteiger partial charge in [-0.05, 0) is 53.5 Å². The first-order valence-electron chi connectivity index (χ1n) is 9.19. The maximum absolute atomic E-state index is 13.0. The van der Waals surface area contributed by atoms with Crippen molar-refractivity contribution < 1.29 is 19.8 Å². The molecule has 0 aromatic heterocycles. The van der Waals surface area contributed by atoms with Crippen LogP contribution in [0, 0.1) is 17.8 Å². The van der Waals surface area contributed by atoms with Gasteiger partial charge in [-0.25, -0.2) is 4.79 Å². The number of carbonyl (C=O) groups excluding carboxylic acids is 1. The lowest BCUT2D eigenvalue weighted by Gasteiger charge is -2.36. The summed E-state index contributed by atoms with van der Waals surface area (Å²) in [5.74, 6) is -0.343. The Morgan fingerprint density at radius 3 is 2.19 bits per heavy atom. The number of aliphatic hydroxyl groups excluding tert-OH is 1. The Morgan fingerprint density at radius 1 is 0.926 bits per heavy atom. The predicted molar refractivity (Wildman–Crippen MR) is 99.0 cm³/mol. The smallest absolute Gasteiger partial charge is 0.336 e. The van der Waals surface area contributed by atoms with Crippen LogP contribution in [0.2, 0.25) is 0 Å². The molecule has 5 heteroatoms.